The summed E-state index contributed by atoms with van der Waals surface area (Å²) >= 11 is 0. The molecule has 0 spiro atoms. The molecule has 3 heteroatoms. The average Bonchev–Trinajstić information content (AvgIpc) is 2.27. The number of esters is 1. The number of anilines is 1. The second-order valence-electron chi connectivity index (χ2n) is 4.34. The number of nitrogens with one attached hydrogen (secondary N) is 1. The molecule has 1 aliphatic rings. The highest BCUT2D eigenvalue weighted by Gasteiger charge is 2.27. The van der Waals surface area contributed by atoms with Gasteiger partial charge >= 0.3 is 5.97 Å². The van der Waals surface area contributed by atoms with Gasteiger partial charge in [0.1, 0.15) is 0 Å². The van der Waals surface area contributed by atoms with Crippen molar-refractivity contribution >= 4 is 11.7 Å². The first-order valence-corrected chi connectivity index (χ1v) is 5.72. The van der Waals surface area contributed by atoms with Gasteiger partial charge in [-0.25, -0.2) is 0 Å². The Kier molecular flexibility index (Phi) is 3.13. The van der Waals surface area contributed by atoms with Crippen LogP contribution in [-0.2, 0) is 9.53 Å². The monoisotopic (exact) mass is 219 g/mol. The lowest BCUT2D eigenvalue weighted by molar-refractivity contribution is -0.149. The normalized spacial score (nSPS) is 18.8. The van der Waals surface area contributed by atoms with Crippen LogP contribution in [0.4, 0.5) is 5.69 Å². The smallest absolute Gasteiger partial charge is 0.313 e. The van der Waals surface area contributed by atoms with E-state index in [1.54, 1.807) is 0 Å². The molecular weight excluding hydrogens is 202 g/mol. The lowest BCUT2D eigenvalue weighted by Gasteiger charge is -2.25. The molecule has 2 rings (SSSR count). The van der Waals surface area contributed by atoms with E-state index in [1.807, 2.05) is 38.1 Å². The molecule has 0 saturated carbocycles. The zero-order valence-corrected chi connectivity index (χ0v) is 9.69. The number of rotatable bonds is 2. The van der Waals surface area contributed by atoms with Crippen LogP contribution in [0, 0.1) is 0 Å². The quantitative estimate of drug-likeness (QED) is 0.777. The molecule has 1 N–H and O–H groups in total. The van der Waals surface area contributed by atoms with E-state index in [1.165, 1.54) is 0 Å². The van der Waals surface area contributed by atoms with E-state index in [0.29, 0.717) is 0 Å². The van der Waals surface area contributed by atoms with Crippen molar-refractivity contribution in [3.8, 4) is 0 Å². The highest BCUT2D eigenvalue weighted by molar-refractivity contribution is 5.81. The van der Waals surface area contributed by atoms with Crippen molar-refractivity contribution in [2.24, 2.45) is 0 Å². The summed E-state index contributed by atoms with van der Waals surface area (Å²) in [5.74, 6) is -0.219. The molecule has 0 aliphatic carbocycles. The summed E-state index contributed by atoms with van der Waals surface area (Å²) in [6.07, 6.45) is 0.761. The lowest BCUT2D eigenvalue weighted by Crippen LogP contribution is -2.26. The minimum absolute atomic E-state index is 0.0467. The molecule has 0 radical (unpaired) electrons. The van der Waals surface area contributed by atoms with E-state index < -0.39 is 0 Å². The third kappa shape index (κ3) is 2.18. The third-order valence-corrected chi connectivity index (χ3v) is 2.72. The predicted molar refractivity (Wildman–Crippen MR) is 63.5 cm³/mol. The molecule has 0 saturated heterocycles. The van der Waals surface area contributed by atoms with Crippen molar-refractivity contribution in [3.05, 3.63) is 29.8 Å². The topological polar surface area (TPSA) is 38.3 Å². The maximum absolute atomic E-state index is 11.9. The molecule has 0 bridgehead atoms. The fourth-order valence-corrected chi connectivity index (χ4v) is 2.03. The largest absolute Gasteiger partial charge is 0.463 e. The van der Waals surface area contributed by atoms with Crippen LogP contribution < -0.4 is 5.32 Å². The second-order valence-corrected chi connectivity index (χ2v) is 4.34. The Morgan fingerprint density at radius 2 is 2.19 bits per heavy atom. The van der Waals surface area contributed by atoms with Crippen molar-refractivity contribution in [3.63, 3.8) is 0 Å². The SMILES string of the molecule is CC(C)OC(=O)C1CCNc2ccccc21. The minimum atomic E-state index is -0.111. The molecule has 1 aliphatic heterocycles. The van der Waals surface area contributed by atoms with Crippen molar-refractivity contribution in [2.75, 3.05) is 11.9 Å². The molecule has 1 aromatic carbocycles. The van der Waals surface area contributed by atoms with Gasteiger partial charge in [-0.15, -0.1) is 0 Å². The molecule has 1 aromatic rings. The summed E-state index contributed by atoms with van der Waals surface area (Å²) in [4.78, 5) is 11.9. The van der Waals surface area contributed by atoms with Gasteiger partial charge in [0, 0.05) is 12.2 Å². The molecule has 1 unspecified atom stereocenters. The number of hydrogen-bond donors (Lipinski definition) is 1. The Hall–Kier alpha value is -1.51. The summed E-state index contributed by atoms with van der Waals surface area (Å²) in [5.41, 5.74) is 2.11. The van der Waals surface area contributed by atoms with Gasteiger partial charge in [0.25, 0.3) is 0 Å². The number of hydrogen-bond acceptors (Lipinski definition) is 3. The van der Waals surface area contributed by atoms with E-state index in [2.05, 4.69) is 5.32 Å². The lowest BCUT2D eigenvalue weighted by atomic mass is 9.91. The Balaban J connectivity index is 2.21. The van der Waals surface area contributed by atoms with Crippen LogP contribution in [0.2, 0.25) is 0 Å². The van der Waals surface area contributed by atoms with Gasteiger partial charge in [0.2, 0.25) is 0 Å². The number of fused-ring (bicyclic) bond motifs is 1. The van der Waals surface area contributed by atoms with Crippen LogP contribution >= 0.6 is 0 Å². The van der Waals surface area contributed by atoms with E-state index in [4.69, 9.17) is 4.74 Å². The second kappa shape index (κ2) is 4.56. The van der Waals surface area contributed by atoms with Crippen LogP contribution in [0.25, 0.3) is 0 Å². The van der Waals surface area contributed by atoms with E-state index in [-0.39, 0.29) is 18.0 Å². The van der Waals surface area contributed by atoms with Crippen LogP contribution in [0.5, 0.6) is 0 Å². The first-order chi connectivity index (χ1) is 7.68. The zero-order chi connectivity index (χ0) is 11.5. The van der Waals surface area contributed by atoms with Crippen molar-refractivity contribution in [2.45, 2.75) is 32.3 Å². The summed E-state index contributed by atoms with van der Waals surface area (Å²) in [5, 5.41) is 3.29. The molecule has 1 heterocycles. The molecular formula is C13H17NO2. The highest BCUT2D eigenvalue weighted by atomic mass is 16.5. The highest BCUT2D eigenvalue weighted by Crippen LogP contribution is 2.32. The number of carbonyl (C=O) groups excluding carboxylic acids is 1. The van der Waals surface area contributed by atoms with Gasteiger partial charge in [-0.1, -0.05) is 18.2 Å². The fraction of sp³-hybridized carbons (Fsp3) is 0.462. The molecule has 3 nitrogen and oxygen atoms in total. The maximum Gasteiger partial charge on any atom is 0.313 e. The average molecular weight is 219 g/mol. The van der Waals surface area contributed by atoms with Gasteiger partial charge in [-0.05, 0) is 31.9 Å². The van der Waals surface area contributed by atoms with Gasteiger partial charge in [0.15, 0.2) is 0 Å². The minimum Gasteiger partial charge on any atom is -0.463 e. The Morgan fingerprint density at radius 3 is 2.94 bits per heavy atom. The standard InChI is InChI=1S/C13H17NO2/c1-9(2)16-13(15)11-7-8-14-12-6-4-3-5-10(11)12/h3-6,9,11,14H,7-8H2,1-2H3. The van der Waals surface area contributed by atoms with Crippen molar-refractivity contribution in [1.29, 1.82) is 0 Å². The van der Waals surface area contributed by atoms with Crippen LogP contribution in [0.3, 0.4) is 0 Å². The Morgan fingerprint density at radius 1 is 1.44 bits per heavy atom. The Labute approximate surface area is 95.8 Å². The fourth-order valence-electron chi connectivity index (χ4n) is 2.03. The number of benzene rings is 1. The Bertz CT molecular complexity index is 387. The summed E-state index contributed by atoms with van der Waals surface area (Å²) in [6, 6.07) is 7.93. The van der Waals surface area contributed by atoms with Crippen LogP contribution in [0.15, 0.2) is 24.3 Å². The number of para-hydroxylation sites is 1. The van der Waals surface area contributed by atoms with Gasteiger partial charge in [-0.2, -0.15) is 0 Å². The maximum atomic E-state index is 11.9. The van der Waals surface area contributed by atoms with Crippen LogP contribution in [0.1, 0.15) is 31.7 Å². The van der Waals surface area contributed by atoms with Crippen molar-refractivity contribution < 1.29 is 9.53 Å². The summed E-state index contributed by atoms with van der Waals surface area (Å²) in [6.45, 7) is 4.59. The number of ether oxygens (including phenoxy) is 1. The number of carbonyl (C=O) groups is 1. The summed E-state index contributed by atoms with van der Waals surface area (Å²) in [7, 11) is 0. The van der Waals surface area contributed by atoms with Gasteiger partial charge < -0.3 is 10.1 Å². The molecule has 16 heavy (non-hydrogen) atoms. The zero-order valence-electron chi connectivity index (χ0n) is 9.69. The first kappa shape index (κ1) is 11.0. The van der Waals surface area contributed by atoms with E-state index >= 15 is 0 Å². The molecule has 0 fully saturated rings. The van der Waals surface area contributed by atoms with E-state index in [9.17, 15) is 4.79 Å². The molecule has 1 atom stereocenters. The van der Waals surface area contributed by atoms with Crippen molar-refractivity contribution in [1.82, 2.24) is 0 Å². The summed E-state index contributed by atoms with van der Waals surface area (Å²) < 4.78 is 5.28. The predicted octanol–water partition coefficient (Wildman–Crippen LogP) is 2.54. The first-order valence-electron chi connectivity index (χ1n) is 5.72. The molecule has 0 amide bonds. The van der Waals surface area contributed by atoms with Gasteiger partial charge in [-0.3, -0.25) is 4.79 Å². The molecule has 86 valence electrons. The van der Waals surface area contributed by atoms with E-state index in [0.717, 1.165) is 24.2 Å². The van der Waals surface area contributed by atoms with Crippen LogP contribution in [-0.4, -0.2) is 18.6 Å². The third-order valence-electron chi connectivity index (χ3n) is 2.72. The van der Waals surface area contributed by atoms with Gasteiger partial charge in [0.05, 0.1) is 12.0 Å². The molecule has 0 aromatic heterocycles.